The van der Waals surface area contributed by atoms with Gasteiger partial charge in [-0.15, -0.1) is 23.2 Å². The maximum Gasteiger partial charge on any atom is 0.243 e. The van der Waals surface area contributed by atoms with E-state index in [1.807, 2.05) is 6.07 Å². The summed E-state index contributed by atoms with van der Waals surface area (Å²) in [5.74, 6) is 0.402. The van der Waals surface area contributed by atoms with Crippen molar-refractivity contribution in [2.75, 3.05) is 24.8 Å². The highest BCUT2D eigenvalue weighted by Gasteiger charge is 2.23. The fraction of sp³-hybridized carbons (Fsp3) is 0.364. The molecule has 98 valence electrons. The summed E-state index contributed by atoms with van der Waals surface area (Å²) >= 11 is 11.2. The molecule has 7 heteroatoms. The van der Waals surface area contributed by atoms with Gasteiger partial charge in [-0.3, -0.25) is 0 Å². The molecule has 0 saturated heterocycles. The van der Waals surface area contributed by atoms with E-state index in [1.165, 1.54) is 28.6 Å². The first-order valence-corrected chi connectivity index (χ1v) is 7.69. The third-order valence-corrected chi connectivity index (χ3v) is 4.54. The van der Waals surface area contributed by atoms with Crippen molar-refractivity contribution in [2.24, 2.45) is 0 Å². The second-order valence-corrected chi connectivity index (χ2v) is 6.11. The summed E-state index contributed by atoms with van der Waals surface area (Å²) in [5.41, 5.74) is 0.412. The summed E-state index contributed by atoms with van der Waals surface area (Å²) in [7, 11) is -3.60. The normalized spacial score (nSPS) is 11.4. The predicted molar refractivity (Wildman–Crippen MR) is 71.4 cm³/mol. The van der Waals surface area contributed by atoms with Crippen LogP contribution < -0.4 is 0 Å². The van der Waals surface area contributed by atoms with E-state index in [4.69, 9.17) is 28.5 Å². The summed E-state index contributed by atoms with van der Waals surface area (Å²) < 4.78 is 25.7. The number of benzene rings is 1. The molecule has 4 nitrogen and oxygen atoms in total. The first kappa shape index (κ1) is 15.3. The number of nitriles is 1. The minimum Gasteiger partial charge on any atom is -0.207 e. The van der Waals surface area contributed by atoms with E-state index in [9.17, 15) is 8.42 Å². The Morgan fingerprint density at radius 2 is 1.61 bits per heavy atom. The van der Waals surface area contributed by atoms with Crippen molar-refractivity contribution in [3.63, 3.8) is 0 Å². The van der Waals surface area contributed by atoms with Gasteiger partial charge in [-0.25, -0.2) is 8.42 Å². The lowest BCUT2D eigenvalue weighted by atomic mass is 10.2. The molecule has 1 aromatic carbocycles. The van der Waals surface area contributed by atoms with Gasteiger partial charge in [-0.2, -0.15) is 9.57 Å². The summed E-state index contributed by atoms with van der Waals surface area (Å²) in [4.78, 5) is 0.136. The number of halogens is 2. The highest BCUT2D eigenvalue weighted by molar-refractivity contribution is 7.89. The smallest absolute Gasteiger partial charge is 0.207 e. The van der Waals surface area contributed by atoms with E-state index >= 15 is 0 Å². The highest BCUT2D eigenvalue weighted by atomic mass is 35.5. The lowest BCUT2D eigenvalue weighted by Gasteiger charge is -2.20. The summed E-state index contributed by atoms with van der Waals surface area (Å²) in [6.07, 6.45) is 0. The van der Waals surface area contributed by atoms with Crippen LogP contribution in [0.5, 0.6) is 0 Å². The molecule has 0 saturated carbocycles. The molecule has 0 radical (unpaired) electrons. The van der Waals surface area contributed by atoms with Crippen LogP contribution in [0.1, 0.15) is 5.56 Å². The quantitative estimate of drug-likeness (QED) is 0.756. The summed E-state index contributed by atoms with van der Waals surface area (Å²) in [6.45, 7) is 0.410. The number of hydrogen-bond donors (Lipinski definition) is 0. The van der Waals surface area contributed by atoms with Crippen LogP contribution in [0, 0.1) is 11.3 Å². The molecular weight excluding hydrogens is 295 g/mol. The molecule has 0 aliphatic heterocycles. The van der Waals surface area contributed by atoms with Crippen molar-refractivity contribution in [3.05, 3.63) is 29.8 Å². The molecule has 0 bridgehead atoms. The van der Waals surface area contributed by atoms with Gasteiger partial charge >= 0.3 is 0 Å². The molecule has 0 spiro atoms. The Bertz CT molecular complexity index is 517. The van der Waals surface area contributed by atoms with Gasteiger partial charge in [0.15, 0.2) is 0 Å². The summed E-state index contributed by atoms with van der Waals surface area (Å²) in [5, 5.41) is 8.66. The van der Waals surface area contributed by atoms with Gasteiger partial charge in [-0.05, 0) is 24.3 Å². The van der Waals surface area contributed by atoms with E-state index in [0.717, 1.165) is 0 Å². The second-order valence-electron chi connectivity index (χ2n) is 3.42. The van der Waals surface area contributed by atoms with E-state index in [1.54, 1.807) is 0 Å². The third kappa shape index (κ3) is 3.59. The molecule has 18 heavy (non-hydrogen) atoms. The maximum atomic E-state index is 12.2. The zero-order chi connectivity index (χ0) is 13.6. The van der Waals surface area contributed by atoms with E-state index in [0.29, 0.717) is 5.56 Å². The van der Waals surface area contributed by atoms with Crippen LogP contribution in [0.25, 0.3) is 0 Å². The Hall–Kier alpha value is -0.800. The van der Waals surface area contributed by atoms with Crippen LogP contribution in [0.15, 0.2) is 29.2 Å². The minimum atomic E-state index is -3.60. The van der Waals surface area contributed by atoms with Gasteiger partial charge in [0.05, 0.1) is 16.5 Å². The Morgan fingerprint density at radius 3 is 2.00 bits per heavy atom. The number of nitrogens with zero attached hydrogens (tertiary/aromatic N) is 2. The Labute approximate surface area is 117 Å². The number of sulfonamides is 1. The molecule has 1 rings (SSSR count). The molecule has 0 heterocycles. The van der Waals surface area contributed by atoms with Gasteiger partial charge in [0.25, 0.3) is 0 Å². The molecule has 0 aliphatic carbocycles. The topological polar surface area (TPSA) is 61.2 Å². The second kappa shape index (κ2) is 6.95. The zero-order valence-corrected chi connectivity index (χ0v) is 11.8. The minimum absolute atomic E-state index is 0.136. The van der Waals surface area contributed by atoms with Crippen LogP contribution in [-0.2, 0) is 10.0 Å². The Morgan fingerprint density at radius 1 is 1.11 bits per heavy atom. The average Bonchev–Trinajstić information content (AvgIpc) is 2.38. The molecule has 1 aromatic rings. The van der Waals surface area contributed by atoms with Crippen molar-refractivity contribution in [1.82, 2.24) is 4.31 Å². The fourth-order valence-electron chi connectivity index (χ4n) is 1.39. The van der Waals surface area contributed by atoms with Crippen molar-refractivity contribution >= 4 is 33.2 Å². The first-order chi connectivity index (χ1) is 8.56. The lowest BCUT2D eigenvalue weighted by Crippen LogP contribution is -2.34. The van der Waals surface area contributed by atoms with Crippen molar-refractivity contribution in [1.29, 1.82) is 5.26 Å². The summed E-state index contributed by atoms with van der Waals surface area (Å²) in [6, 6.07) is 7.68. The largest absolute Gasteiger partial charge is 0.243 e. The Kier molecular flexibility index (Phi) is 5.89. The fourth-order valence-corrected chi connectivity index (χ4v) is 3.44. The van der Waals surface area contributed by atoms with Crippen LogP contribution in [-0.4, -0.2) is 37.6 Å². The van der Waals surface area contributed by atoms with Crippen molar-refractivity contribution < 1.29 is 8.42 Å². The third-order valence-electron chi connectivity index (χ3n) is 2.29. The first-order valence-electron chi connectivity index (χ1n) is 5.18. The van der Waals surface area contributed by atoms with Crippen LogP contribution in [0.4, 0.5) is 0 Å². The molecular formula is C11H12Cl2N2O2S. The van der Waals surface area contributed by atoms with E-state index in [2.05, 4.69) is 0 Å². The van der Waals surface area contributed by atoms with Crippen molar-refractivity contribution in [2.45, 2.75) is 4.90 Å². The van der Waals surface area contributed by atoms with Crippen LogP contribution in [0.2, 0.25) is 0 Å². The average molecular weight is 307 g/mol. The van der Waals surface area contributed by atoms with Gasteiger partial charge in [0, 0.05) is 24.8 Å². The molecule has 0 aromatic heterocycles. The van der Waals surface area contributed by atoms with Gasteiger partial charge in [0.1, 0.15) is 0 Å². The SMILES string of the molecule is N#Cc1ccc(S(=O)(=O)N(CCCl)CCCl)cc1. The highest BCUT2D eigenvalue weighted by Crippen LogP contribution is 2.16. The molecule has 0 fully saturated rings. The zero-order valence-electron chi connectivity index (χ0n) is 9.51. The van der Waals surface area contributed by atoms with E-state index < -0.39 is 10.0 Å². The van der Waals surface area contributed by atoms with Crippen LogP contribution in [0.3, 0.4) is 0 Å². The van der Waals surface area contributed by atoms with Gasteiger partial charge in [0.2, 0.25) is 10.0 Å². The Balaban J connectivity index is 3.06. The van der Waals surface area contributed by atoms with Gasteiger partial charge in [-0.1, -0.05) is 0 Å². The molecule has 0 amide bonds. The molecule has 0 atom stereocenters. The van der Waals surface area contributed by atoms with Crippen LogP contribution >= 0.6 is 23.2 Å². The number of rotatable bonds is 6. The monoisotopic (exact) mass is 306 g/mol. The number of alkyl halides is 2. The standard InChI is InChI=1S/C11H12Cl2N2O2S/c12-5-7-15(8-6-13)18(16,17)11-3-1-10(9-14)2-4-11/h1-4H,5-8H2. The molecule has 0 aliphatic rings. The maximum absolute atomic E-state index is 12.2. The lowest BCUT2D eigenvalue weighted by molar-refractivity contribution is 0.448. The molecule has 0 unspecified atom stereocenters. The van der Waals surface area contributed by atoms with E-state index in [-0.39, 0.29) is 29.7 Å². The van der Waals surface area contributed by atoms with Crippen molar-refractivity contribution in [3.8, 4) is 6.07 Å². The molecule has 0 N–H and O–H groups in total. The predicted octanol–water partition coefficient (Wildman–Crippen LogP) is 2.03. The van der Waals surface area contributed by atoms with Gasteiger partial charge < -0.3 is 0 Å². The number of hydrogen-bond acceptors (Lipinski definition) is 3.